The van der Waals surface area contributed by atoms with Crippen LogP contribution in [0.1, 0.15) is 31.4 Å². The average molecular weight is 560 g/mol. The number of hydrogen-bond acceptors (Lipinski definition) is 4. The van der Waals surface area contributed by atoms with Crippen molar-refractivity contribution in [2.75, 3.05) is 17.4 Å². The first-order valence-corrected chi connectivity index (χ1v) is 14.0. The number of benzene rings is 3. The van der Waals surface area contributed by atoms with Gasteiger partial charge in [0, 0.05) is 18.1 Å². The second-order valence-electron chi connectivity index (χ2n) is 8.87. The Morgan fingerprint density at radius 2 is 1.63 bits per heavy atom. The zero-order valence-corrected chi connectivity index (χ0v) is 23.1. The predicted molar refractivity (Wildman–Crippen MR) is 147 cm³/mol. The number of nitrogens with zero attached hydrogens (tertiary/aromatic N) is 2. The van der Waals surface area contributed by atoms with Crippen molar-refractivity contribution >= 4 is 39.1 Å². The fourth-order valence-electron chi connectivity index (χ4n) is 3.86. The Morgan fingerprint density at radius 3 is 2.24 bits per heavy atom. The third kappa shape index (κ3) is 7.11. The highest BCUT2D eigenvalue weighted by Crippen LogP contribution is 2.28. The molecule has 0 bridgehead atoms. The van der Waals surface area contributed by atoms with Crippen LogP contribution in [0.25, 0.3) is 0 Å². The van der Waals surface area contributed by atoms with E-state index in [1.54, 1.807) is 38.1 Å². The molecule has 0 fully saturated rings. The quantitative estimate of drug-likeness (QED) is 0.361. The lowest BCUT2D eigenvalue weighted by atomic mass is 10.1. The van der Waals surface area contributed by atoms with E-state index in [1.165, 1.54) is 53.4 Å². The summed E-state index contributed by atoms with van der Waals surface area (Å²) in [5, 5.41) is 3.16. The SMILES string of the molecule is CCCNC(=O)[C@@H](C)N(Cc1ccc(F)cc1)C(=O)CN(c1ccccc1C)S(=O)(=O)c1ccc(Cl)cc1. The molecule has 38 heavy (non-hydrogen) atoms. The molecule has 0 aliphatic heterocycles. The van der Waals surface area contributed by atoms with Crippen molar-refractivity contribution < 1.29 is 22.4 Å². The molecule has 0 spiro atoms. The van der Waals surface area contributed by atoms with Gasteiger partial charge in [0.15, 0.2) is 0 Å². The molecule has 0 heterocycles. The first-order chi connectivity index (χ1) is 18.0. The lowest BCUT2D eigenvalue weighted by Gasteiger charge is -2.32. The van der Waals surface area contributed by atoms with Gasteiger partial charge in [0.05, 0.1) is 10.6 Å². The van der Waals surface area contributed by atoms with Crippen molar-refractivity contribution in [3.05, 3.63) is 94.8 Å². The van der Waals surface area contributed by atoms with Crippen molar-refractivity contribution in [2.24, 2.45) is 0 Å². The van der Waals surface area contributed by atoms with Gasteiger partial charge < -0.3 is 10.2 Å². The Hall–Kier alpha value is -3.43. The topological polar surface area (TPSA) is 86.8 Å². The van der Waals surface area contributed by atoms with Crippen molar-refractivity contribution in [1.82, 2.24) is 10.2 Å². The highest BCUT2D eigenvalue weighted by Gasteiger charge is 2.33. The molecule has 0 saturated carbocycles. The molecular formula is C28H31ClFN3O4S. The molecule has 3 aromatic rings. The monoisotopic (exact) mass is 559 g/mol. The van der Waals surface area contributed by atoms with Crippen molar-refractivity contribution in [3.8, 4) is 0 Å². The minimum Gasteiger partial charge on any atom is -0.354 e. The van der Waals surface area contributed by atoms with E-state index in [0.717, 1.165) is 4.31 Å². The summed E-state index contributed by atoms with van der Waals surface area (Å²) in [7, 11) is -4.18. The molecule has 0 unspecified atom stereocenters. The summed E-state index contributed by atoms with van der Waals surface area (Å²) in [5.74, 6) is -1.39. The number of sulfonamides is 1. The molecule has 0 radical (unpaired) electrons. The summed E-state index contributed by atoms with van der Waals surface area (Å²) in [4.78, 5) is 27.9. The van der Waals surface area contributed by atoms with Crippen LogP contribution in [0.3, 0.4) is 0 Å². The van der Waals surface area contributed by atoms with Gasteiger partial charge in [-0.1, -0.05) is 48.9 Å². The van der Waals surface area contributed by atoms with Crippen LogP contribution in [0.5, 0.6) is 0 Å². The average Bonchev–Trinajstić information content (AvgIpc) is 2.90. The van der Waals surface area contributed by atoms with Crippen LogP contribution in [-0.4, -0.2) is 44.3 Å². The molecule has 10 heteroatoms. The van der Waals surface area contributed by atoms with E-state index in [2.05, 4.69) is 5.32 Å². The molecule has 1 N–H and O–H groups in total. The Morgan fingerprint density at radius 1 is 1.00 bits per heavy atom. The number of anilines is 1. The second kappa shape index (κ2) is 12.9. The van der Waals surface area contributed by atoms with Crippen LogP contribution in [0.2, 0.25) is 5.02 Å². The van der Waals surface area contributed by atoms with Crippen molar-refractivity contribution in [1.29, 1.82) is 0 Å². The van der Waals surface area contributed by atoms with Gasteiger partial charge in [0.25, 0.3) is 10.0 Å². The zero-order valence-electron chi connectivity index (χ0n) is 21.5. The number of rotatable bonds is 11. The lowest BCUT2D eigenvalue weighted by molar-refractivity contribution is -0.139. The van der Waals surface area contributed by atoms with Crippen LogP contribution in [0.4, 0.5) is 10.1 Å². The van der Waals surface area contributed by atoms with Gasteiger partial charge >= 0.3 is 0 Å². The summed E-state index contributed by atoms with van der Waals surface area (Å²) in [5.41, 5.74) is 1.58. The van der Waals surface area contributed by atoms with E-state index < -0.39 is 34.3 Å². The maximum atomic E-state index is 13.8. The molecule has 0 aliphatic carbocycles. The Bertz CT molecular complexity index is 1370. The van der Waals surface area contributed by atoms with Gasteiger partial charge in [0.1, 0.15) is 18.4 Å². The first kappa shape index (κ1) is 29.1. The molecule has 1 atom stereocenters. The molecule has 0 aromatic heterocycles. The van der Waals surface area contributed by atoms with Gasteiger partial charge in [-0.25, -0.2) is 12.8 Å². The van der Waals surface area contributed by atoms with Crippen LogP contribution >= 0.6 is 11.6 Å². The van der Waals surface area contributed by atoms with Crippen LogP contribution in [0, 0.1) is 12.7 Å². The first-order valence-electron chi connectivity index (χ1n) is 12.2. The molecule has 202 valence electrons. The highest BCUT2D eigenvalue weighted by molar-refractivity contribution is 7.92. The molecule has 3 rings (SSSR count). The maximum Gasteiger partial charge on any atom is 0.264 e. The summed E-state index contributed by atoms with van der Waals surface area (Å²) in [6.45, 7) is 5.11. The summed E-state index contributed by atoms with van der Waals surface area (Å²) >= 11 is 5.97. The molecule has 7 nitrogen and oxygen atoms in total. The minimum absolute atomic E-state index is 0.0115. The Kier molecular flexibility index (Phi) is 9.88. The number of nitrogens with one attached hydrogen (secondary N) is 1. The summed E-state index contributed by atoms with van der Waals surface area (Å²) in [6.07, 6.45) is 0.713. The third-order valence-corrected chi connectivity index (χ3v) is 8.07. The largest absolute Gasteiger partial charge is 0.354 e. The highest BCUT2D eigenvalue weighted by atomic mass is 35.5. The van der Waals surface area contributed by atoms with Gasteiger partial charge in [-0.2, -0.15) is 0 Å². The number of halogens is 2. The fraction of sp³-hybridized carbons (Fsp3) is 0.286. The van der Waals surface area contributed by atoms with Gasteiger partial charge in [-0.15, -0.1) is 0 Å². The number of carbonyl (C=O) groups excluding carboxylic acids is 2. The van der Waals surface area contributed by atoms with E-state index in [0.29, 0.717) is 34.8 Å². The maximum absolute atomic E-state index is 13.8. The van der Waals surface area contributed by atoms with Gasteiger partial charge in [-0.05, 0) is 73.9 Å². The minimum atomic E-state index is -4.18. The molecule has 0 aliphatic rings. The Labute approximate surface area is 228 Å². The summed E-state index contributed by atoms with van der Waals surface area (Å²) < 4.78 is 42.1. The van der Waals surface area contributed by atoms with Gasteiger partial charge in [-0.3, -0.25) is 13.9 Å². The fourth-order valence-corrected chi connectivity index (χ4v) is 5.46. The van der Waals surface area contributed by atoms with E-state index in [9.17, 15) is 22.4 Å². The standard InChI is InChI=1S/C28H31ClFN3O4S/c1-4-17-31-28(35)21(3)32(18-22-9-13-24(30)14-10-22)27(34)19-33(26-8-6-5-7-20(26)2)38(36,37)25-15-11-23(29)12-16-25/h5-16,21H,4,17-19H2,1-3H3,(H,31,35)/t21-/m1/s1. The van der Waals surface area contributed by atoms with Crippen LogP contribution in [0.15, 0.2) is 77.7 Å². The number of amides is 2. The smallest absolute Gasteiger partial charge is 0.264 e. The lowest BCUT2D eigenvalue weighted by Crippen LogP contribution is -2.51. The van der Waals surface area contributed by atoms with Gasteiger partial charge in [0.2, 0.25) is 11.8 Å². The second-order valence-corrected chi connectivity index (χ2v) is 11.2. The number of aryl methyl sites for hydroxylation is 1. The predicted octanol–water partition coefficient (Wildman–Crippen LogP) is 4.93. The Balaban J connectivity index is 2.02. The van der Waals surface area contributed by atoms with Crippen LogP contribution < -0.4 is 9.62 Å². The van der Waals surface area contributed by atoms with Crippen molar-refractivity contribution in [2.45, 2.75) is 44.7 Å². The number of carbonyl (C=O) groups is 2. The number of hydrogen-bond donors (Lipinski definition) is 1. The molecule has 0 saturated heterocycles. The van der Waals surface area contributed by atoms with Crippen molar-refractivity contribution in [3.63, 3.8) is 0 Å². The van der Waals surface area contributed by atoms with Crippen LogP contribution in [-0.2, 0) is 26.2 Å². The normalized spacial score (nSPS) is 12.0. The summed E-state index contributed by atoms with van der Waals surface area (Å²) in [6, 6.07) is 17.2. The van der Waals surface area contributed by atoms with E-state index >= 15 is 0 Å². The van der Waals surface area contributed by atoms with E-state index in [4.69, 9.17) is 11.6 Å². The number of para-hydroxylation sites is 1. The third-order valence-electron chi connectivity index (χ3n) is 6.05. The zero-order chi connectivity index (χ0) is 27.9. The van der Waals surface area contributed by atoms with E-state index in [-0.39, 0.29) is 17.3 Å². The molecule has 2 amide bonds. The molecular weight excluding hydrogens is 529 g/mol. The van der Waals surface area contributed by atoms with E-state index in [1.807, 2.05) is 6.92 Å². The molecule has 3 aromatic carbocycles.